The minimum atomic E-state index is -3.83. The molecule has 13 heteroatoms. The van der Waals surface area contributed by atoms with Crippen LogP contribution in [0, 0.1) is 24.7 Å². The molecule has 0 saturated heterocycles. The molecule has 0 spiro atoms. The fourth-order valence-electron chi connectivity index (χ4n) is 7.82. The molecule has 7 rings (SSSR count). The Morgan fingerprint density at radius 1 is 1.04 bits per heavy atom. The molecule has 4 aliphatic rings. The van der Waals surface area contributed by atoms with E-state index in [1.807, 2.05) is 55.5 Å². The average Bonchev–Trinajstić information content (AvgIpc) is 4.06. The number of allylic oxidation sites excluding steroid dienone is 1. The van der Waals surface area contributed by atoms with Crippen molar-refractivity contribution in [3.8, 4) is 22.9 Å². The molecular weight excluding hydrogens is 695 g/mol. The Balaban J connectivity index is 1.22. The lowest BCUT2D eigenvalue weighted by atomic mass is 9.93. The topological polar surface area (TPSA) is 157 Å². The summed E-state index contributed by atoms with van der Waals surface area (Å²) in [4.78, 5) is 53.6. The van der Waals surface area contributed by atoms with Gasteiger partial charge in [0.2, 0.25) is 21.8 Å². The third-order valence-electron chi connectivity index (χ3n) is 11.3. The van der Waals surface area contributed by atoms with Crippen molar-refractivity contribution >= 4 is 38.6 Å². The van der Waals surface area contributed by atoms with E-state index < -0.39 is 50.6 Å². The molecule has 0 radical (unpaired) electrons. The summed E-state index contributed by atoms with van der Waals surface area (Å²) in [6.07, 6.45) is 7.57. The van der Waals surface area contributed by atoms with Gasteiger partial charge >= 0.3 is 0 Å². The first-order valence-corrected chi connectivity index (χ1v) is 20.3. The van der Waals surface area contributed by atoms with Gasteiger partial charge < -0.3 is 19.7 Å². The van der Waals surface area contributed by atoms with E-state index in [4.69, 9.17) is 19.4 Å². The molecule has 3 aliphatic carbocycles. The van der Waals surface area contributed by atoms with Crippen molar-refractivity contribution in [2.24, 2.45) is 17.8 Å². The molecule has 2 aromatic heterocycles. The molecule has 3 aromatic rings. The van der Waals surface area contributed by atoms with Gasteiger partial charge in [-0.2, -0.15) is 0 Å². The number of nitrogens with one attached hydrogen (secondary N) is 2. The second-order valence-electron chi connectivity index (χ2n) is 15.5. The second-order valence-corrected chi connectivity index (χ2v) is 17.4. The van der Waals surface area contributed by atoms with Crippen LogP contribution in [0.25, 0.3) is 22.3 Å². The average molecular weight is 744 g/mol. The number of aryl methyl sites for hydroxylation is 1. The van der Waals surface area contributed by atoms with E-state index in [2.05, 4.69) is 23.9 Å². The number of carbonyl (C=O) groups excluding carboxylic acids is 3. The largest absolute Gasteiger partial charge is 0.496 e. The summed E-state index contributed by atoms with van der Waals surface area (Å²) >= 11 is 0. The zero-order valence-electron chi connectivity index (χ0n) is 31.1. The van der Waals surface area contributed by atoms with Crippen molar-refractivity contribution in [3.05, 3.63) is 59.8 Å². The Bertz CT molecular complexity index is 2080. The molecule has 5 atom stereocenters. The third kappa shape index (κ3) is 7.36. The van der Waals surface area contributed by atoms with Crippen molar-refractivity contribution in [1.82, 2.24) is 24.9 Å². The third-order valence-corrected chi connectivity index (χ3v) is 13.1. The number of pyridine rings is 2. The van der Waals surface area contributed by atoms with Crippen LogP contribution < -0.4 is 19.5 Å². The van der Waals surface area contributed by atoms with Gasteiger partial charge in [-0.1, -0.05) is 32.1 Å². The van der Waals surface area contributed by atoms with Crippen LogP contribution in [0.2, 0.25) is 0 Å². The molecular formula is C40H49N5O7S. The predicted molar refractivity (Wildman–Crippen MR) is 201 cm³/mol. The Morgan fingerprint density at radius 3 is 2.55 bits per heavy atom. The van der Waals surface area contributed by atoms with Gasteiger partial charge in [-0.15, -0.1) is 0 Å². The minimum absolute atomic E-state index is 0.151. The highest BCUT2D eigenvalue weighted by Crippen LogP contribution is 2.47. The zero-order valence-corrected chi connectivity index (χ0v) is 31.9. The van der Waals surface area contributed by atoms with E-state index in [-0.39, 0.29) is 37.0 Å². The van der Waals surface area contributed by atoms with Gasteiger partial charge in [0, 0.05) is 42.2 Å². The van der Waals surface area contributed by atoms with Crippen molar-refractivity contribution in [3.63, 3.8) is 0 Å². The molecule has 3 amide bonds. The number of carbonyl (C=O) groups is 3. The lowest BCUT2D eigenvalue weighted by molar-refractivity contribution is -0.140. The van der Waals surface area contributed by atoms with Gasteiger partial charge in [0.15, 0.2) is 0 Å². The first kappa shape index (κ1) is 36.8. The van der Waals surface area contributed by atoms with Crippen LogP contribution in [0.5, 0.6) is 11.5 Å². The minimum Gasteiger partial charge on any atom is -0.496 e. The number of ether oxygens (including phenoxy) is 2. The van der Waals surface area contributed by atoms with Crippen LogP contribution in [0.4, 0.5) is 0 Å². The molecule has 282 valence electrons. The summed E-state index contributed by atoms with van der Waals surface area (Å²) in [6, 6.07) is 11.5. The van der Waals surface area contributed by atoms with E-state index in [1.54, 1.807) is 19.1 Å². The highest BCUT2D eigenvalue weighted by molar-refractivity contribution is 7.91. The number of rotatable bonds is 8. The number of aromatic nitrogens is 2. The maximum absolute atomic E-state index is 14.3. The van der Waals surface area contributed by atoms with Gasteiger partial charge in [-0.25, -0.2) is 13.4 Å². The zero-order chi connectivity index (χ0) is 37.7. The lowest BCUT2D eigenvalue weighted by Gasteiger charge is -2.26. The van der Waals surface area contributed by atoms with E-state index >= 15 is 0 Å². The molecule has 3 saturated carbocycles. The molecule has 12 nitrogen and oxygen atoms in total. The number of hydrogen-bond acceptors (Lipinski definition) is 9. The summed E-state index contributed by atoms with van der Waals surface area (Å²) < 4.78 is 40.3. The Kier molecular flexibility index (Phi) is 9.99. The monoisotopic (exact) mass is 743 g/mol. The molecule has 3 fully saturated rings. The van der Waals surface area contributed by atoms with Crippen LogP contribution >= 0.6 is 0 Å². The van der Waals surface area contributed by atoms with Gasteiger partial charge in [-0.3, -0.25) is 24.1 Å². The van der Waals surface area contributed by atoms with E-state index in [0.717, 1.165) is 35.9 Å². The van der Waals surface area contributed by atoms with Crippen molar-refractivity contribution in [2.45, 2.75) is 94.9 Å². The molecule has 1 unspecified atom stereocenters. The summed E-state index contributed by atoms with van der Waals surface area (Å²) in [5.41, 5.74) is 2.39. The predicted octanol–water partition coefficient (Wildman–Crippen LogP) is 5.19. The fourth-order valence-corrected chi connectivity index (χ4v) is 9.18. The normalized spacial score (nSPS) is 27.0. The molecule has 53 heavy (non-hydrogen) atoms. The summed E-state index contributed by atoms with van der Waals surface area (Å²) in [5, 5.41) is 3.14. The fraction of sp³-hybridized carbons (Fsp3) is 0.525. The molecule has 1 aromatic carbocycles. The highest BCUT2D eigenvalue weighted by atomic mass is 32.2. The first-order valence-electron chi connectivity index (χ1n) is 18.7. The number of methoxy groups -OCH3 is 1. The maximum Gasteiger partial charge on any atom is 0.259 e. The van der Waals surface area contributed by atoms with Crippen LogP contribution in [0.15, 0.2) is 48.6 Å². The number of hydrogen-bond donors (Lipinski definition) is 2. The van der Waals surface area contributed by atoms with Crippen molar-refractivity contribution in [2.75, 3.05) is 20.7 Å². The summed E-state index contributed by atoms with van der Waals surface area (Å²) in [7, 11) is -0.453. The lowest BCUT2D eigenvalue weighted by Crippen LogP contribution is -2.54. The smallest absolute Gasteiger partial charge is 0.259 e. The highest BCUT2D eigenvalue weighted by Gasteiger charge is 2.62. The quantitative estimate of drug-likeness (QED) is 0.297. The van der Waals surface area contributed by atoms with E-state index in [1.165, 1.54) is 0 Å². The summed E-state index contributed by atoms with van der Waals surface area (Å²) in [6.45, 7) is 6.67. The van der Waals surface area contributed by atoms with Crippen LogP contribution in [0.3, 0.4) is 0 Å². The Morgan fingerprint density at radius 2 is 1.81 bits per heavy atom. The van der Waals surface area contributed by atoms with E-state index in [9.17, 15) is 22.8 Å². The van der Waals surface area contributed by atoms with Gasteiger partial charge in [0.05, 0.1) is 41.1 Å². The number of fused-ring (bicyclic) bond motifs is 3. The summed E-state index contributed by atoms with van der Waals surface area (Å²) in [5.74, 6) is -1.72. The van der Waals surface area contributed by atoms with Gasteiger partial charge in [0.25, 0.3) is 5.91 Å². The van der Waals surface area contributed by atoms with Crippen LogP contribution in [-0.2, 0) is 24.4 Å². The van der Waals surface area contributed by atoms with Crippen molar-refractivity contribution in [1.29, 1.82) is 0 Å². The Hall–Kier alpha value is -4.52. The standard InChI is InChI=1S/C40H49N5O7S/c1-23(2)31-12-10-13-32(41-31)33-21-35(28-16-17-34(51-5)24(3)36(28)42-33)52-26-19-29-30(20-26)38(47)45(4)18-9-7-6-8-11-25-22-40(25,43-37(29)46)39(48)44-53(49,50)27-14-15-27/h8,10-13,16-17,21,23,25-27,29-30H,6-7,9,14-15,18-20,22H2,1-5H3,(H,43,46)(H,44,48)/b11-8-/t25-,26-,29-,30?,40-/m1/s1. The van der Waals surface area contributed by atoms with Crippen molar-refractivity contribution < 1.29 is 32.3 Å². The SMILES string of the molecule is COc1ccc2c(O[C@H]3CC4C(=O)N(C)CCCC/C=C\[C@@H]5C[C@@]5(C(=O)NS(=O)(=O)C5CC5)NC(=O)[C@@H]4C3)cc(-c3cccc(C(C)C)n3)nc2c1C. The van der Waals surface area contributed by atoms with Crippen LogP contribution in [0.1, 0.15) is 82.4 Å². The molecule has 0 bridgehead atoms. The van der Waals surface area contributed by atoms with E-state index in [0.29, 0.717) is 47.8 Å². The number of nitrogens with zero attached hydrogens (tertiary/aromatic N) is 3. The number of benzene rings is 1. The molecule has 1 aliphatic heterocycles. The first-order chi connectivity index (χ1) is 25.3. The second kappa shape index (κ2) is 14.4. The Labute approximate surface area is 311 Å². The van der Waals surface area contributed by atoms with Gasteiger partial charge in [-0.05, 0) is 88.5 Å². The molecule has 3 heterocycles. The van der Waals surface area contributed by atoms with Crippen LogP contribution in [-0.4, -0.2) is 78.6 Å². The maximum atomic E-state index is 14.3. The molecule has 2 N–H and O–H groups in total. The van der Waals surface area contributed by atoms with Gasteiger partial charge in [0.1, 0.15) is 23.1 Å². The number of sulfonamides is 1. The number of amides is 3.